The van der Waals surface area contributed by atoms with Crippen LogP contribution in [0.2, 0.25) is 0 Å². The summed E-state index contributed by atoms with van der Waals surface area (Å²) in [7, 11) is 0. The van der Waals surface area contributed by atoms with Gasteiger partial charge in [0.1, 0.15) is 6.61 Å². The van der Waals surface area contributed by atoms with Crippen LogP contribution in [0, 0.1) is 19.8 Å². The molecule has 0 aromatic carbocycles. The van der Waals surface area contributed by atoms with E-state index in [2.05, 4.69) is 25.9 Å². The van der Waals surface area contributed by atoms with Crippen LogP contribution < -0.4 is 0 Å². The van der Waals surface area contributed by atoms with E-state index in [1.165, 1.54) is 0 Å². The summed E-state index contributed by atoms with van der Waals surface area (Å²) in [5.74, 6) is 0.379. The van der Waals surface area contributed by atoms with Gasteiger partial charge in [0.2, 0.25) is 0 Å². The first-order chi connectivity index (χ1) is 9.95. The van der Waals surface area contributed by atoms with Crippen molar-refractivity contribution in [1.82, 2.24) is 9.78 Å². The van der Waals surface area contributed by atoms with E-state index in [1.54, 1.807) is 0 Å². The SMILES string of the molecule is CCOCCOC(=O)CCc1c(C)nn(CC(C)C)c1C. The van der Waals surface area contributed by atoms with Crippen molar-refractivity contribution >= 4 is 5.97 Å². The van der Waals surface area contributed by atoms with Crippen LogP contribution in [0.25, 0.3) is 0 Å². The molecule has 0 amide bonds. The summed E-state index contributed by atoms with van der Waals surface area (Å²) >= 11 is 0. The zero-order valence-electron chi connectivity index (χ0n) is 13.9. The molecular formula is C16H28N2O3. The molecule has 0 spiro atoms. The third-order valence-corrected chi connectivity index (χ3v) is 3.34. The van der Waals surface area contributed by atoms with E-state index in [9.17, 15) is 4.79 Å². The quantitative estimate of drug-likeness (QED) is 0.519. The Kier molecular flexibility index (Phi) is 7.43. The highest BCUT2D eigenvalue weighted by atomic mass is 16.6. The van der Waals surface area contributed by atoms with Crippen LogP contribution in [0.15, 0.2) is 0 Å². The maximum atomic E-state index is 11.7. The topological polar surface area (TPSA) is 53.4 Å². The number of rotatable bonds is 9. The number of nitrogens with zero attached hydrogens (tertiary/aromatic N) is 2. The molecule has 5 nitrogen and oxygen atoms in total. The number of ether oxygens (including phenoxy) is 2. The van der Waals surface area contributed by atoms with E-state index in [4.69, 9.17) is 9.47 Å². The molecule has 0 N–H and O–H groups in total. The number of carbonyl (C=O) groups excluding carboxylic acids is 1. The smallest absolute Gasteiger partial charge is 0.306 e. The Bertz CT molecular complexity index is 453. The van der Waals surface area contributed by atoms with E-state index in [0.717, 1.165) is 23.5 Å². The highest BCUT2D eigenvalue weighted by Crippen LogP contribution is 2.16. The lowest BCUT2D eigenvalue weighted by atomic mass is 10.1. The van der Waals surface area contributed by atoms with Gasteiger partial charge in [-0.1, -0.05) is 13.8 Å². The fraction of sp³-hybridized carbons (Fsp3) is 0.750. The number of hydrogen-bond donors (Lipinski definition) is 0. The van der Waals surface area contributed by atoms with Gasteiger partial charge in [-0.05, 0) is 38.7 Å². The van der Waals surface area contributed by atoms with Gasteiger partial charge in [-0.2, -0.15) is 5.10 Å². The van der Waals surface area contributed by atoms with Gasteiger partial charge in [-0.3, -0.25) is 9.48 Å². The van der Waals surface area contributed by atoms with Crippen molar-refractivity contribution in [3.8, 4) is 0 Å². The monoisotopic (exact) mass is 296 g/mol. The highest BCUT2D eigenvalue weighted by molar-refractivity contribution is 5.69. The first-order valence-corrected chi connectivity index (χ1v) is 7.71. The standard InChI is InChI=1S/C16H28N2O3/c1-6-20-9-10-21-16(19)8-7-15-13(4)17-18(14(15)5)11-12(2)3/h12H,6-11H2,1-5H3. The number of aryl methyl sites for hydroxylation is 1. The Morgan fingerprint density at radius 2 is 2.00 bits per heavy atom. The molecule has 1 aromatic rings. The van der Waals surface area contributed by atoms with Crippen LogP contribution in [0.3, 0.4) is 0 Å². The Hall–Kier alpha value is -1.36. The predicted octanol–water partition coefficient (Wildman–Crippen LogP) is 2.67. The molecule has 0 aliphatic heterocycles. The van der Waals surface area contributed by atoms with Crippen LogP contribution in [0.5, 0.6) is 0 Å². The van der Waals surface area contributed by atoms with Gasteiger partial charge in [0.05, 0.1) is 12.3 Å². The van der Waals surface area contributed by atoms with Crippen LogP contribution >= 0.6 is 0 Å². The van der Waals surface area contributed by atoms with Crippen molar-refractivity contribution < 1.29 is 14.3 Å². The van der Waals surface area contributed by atoms with Crippen molar-refractivity contribution in [2.24, 2.45) is 5.92 Å². The Labute approximate surface area is 127 Å². The number of esters is 1. The third-order valence-electron chi connectivity index (χ3n) is 3.34. The minimum atomic E-state index is -0.176. The molecule has 1 rings (SSSR count). The average Bonchev–Trinajstić information content (AvgIpc) is 2.67. The molecule has 1 aromatic heterocycles. The van der Waals surface area contributed by atoms with Crippen LogP contribution in [-0.4, -0.2) is 35.6 Å². The van der Waals surface area contributed by atoms with Crippen LogP contribution in [0.4, 0.5) is 0 Å². The molecule has 5 heteroatoms. The summed E-state index contributed by atoms with van der Waals surface area (Å²) in [5, 5.41) is 4.56. The molecule has 0 bridgehead atoms. The van der Waals surface area contributed by atoms with Gasteiger partial charge in [0.25, 0.3) is 0 Å². The van der Waals surface area contributed by atoms with E-state index in [0.29, 0.717) is 38.6 Å². The maximum Gasteiger partial charge on any atom is 0.306 e. The number of hydrogen-bond acceptors (Lipinski definition) is 4. The summed E-state index contributed by atoms with van der Waals surface area (Å²) in [6.07, 6.45) is 1.07. The molecule has 120 valence electrons. The molecule has 21 heavy (non-hydrogen) atoms. The molecule has 0 saturated heterocycles. The second kappa shape index (κ2) is 8.82. The molecule has 1 heterocycles. The molecule has 0 atom stereocenters. The van der Waals surface area contributed by atoms with Crippen molar-refractivity contribution in [2.75, 3.05) is 19.8 Å². The van der Waals surface area contributed by atoms with Gasteiger partial charge >= 0.3 is 5.97 Å². The molecular weight excluding hydrogens is 268 g/mol. The zero-order chi connectivity index (χ0) is 15.8. The van der Waals surface area contributed by atoms with E-state index >= 15 is 0 Å². The predicted molar refractivity (Wildman–Crippen MR) is 82.3 cm³/mol. The van der Waals surface area contributed by atoms with Crippen molar-refractivity contribution in [1.29, 1.82) is 0 Å². The summed E-state index contributed by atoms with van der Waals surface area (Å²) in [5.41, 5.74) is 3.33. The lowest BCUT2D eigenvalue weighted by molar-refractivity contribution is -0.145. The molecule has 0 radical (unpaired) electrons. The second-order valence-electron chi connectivity index (χ2n) is 5.64. The van der Waals surface area contributed by atoms with E-state index in [-0.39, 0.29) is 5.97 Å². The Morgan fingerprint density at radius 1 is 1.29 bits per heavy atom. The minimum absolute atomic E-state index is 0.176. The van der Waals surface area contributed by atoms with Crippen molar-refractivity contribution in [2.45, 2.75) is 54.0 Å². The summed E-state index contributed by atoms with van der Waals surface area (Å²) in [6.45, 7) is 12.7. The average molecular weight is 296 g/mol. The molecule has 0 saturated carbocycles. The van der Waals surface area contributed by atoms with Crippen LogP contribution in [-0.2, 0) is 27.2 Å². The lowest BCUT2D eigenvalue weighted by Gasteiger charge is -2.08. The highest BCUT2D eigenvalue weighted by Gasteiger charge is 2.14. The normalized spacial score (nSPS) is 11.1. The zero-order valence-corrected chi connectivity index (χ0v) is 13.9. The molecule has 0 aliphatic rings. The van der Waals surface area contributed by atoms with Crippen molar-refractivity contribution in [3.63, 3.8) is 0 Å². The Morgan fingerprint density at radius 3 is 2.62 bits per heavy atom. The molecule has 0 aliphatic carbocycles. The fourth-order valence-corrected chi connectivity index (χ4v) is 2.28. The Balaban J connectivity index is 2.48. The molecule has 0 fully saturated rings. The number of aromatic nitrogens is 2. The third kappa shape index (κ3) is 5.87. The lowest BCUT2D eigenvalue weighted by Crippen LogP contribution is -2.11. The van der Waals surface area contributed by atoms with E-state index < -0.39 is 0 Å². The largest absolute Gasteiger partial charge is 0.463 e. The summed E-state index contributed by atoms with van der Waals surface area (Å²) in [6, 6.07) is 0. The van der Waals surface area contributed by atoms with Gasteiger partial charge in [-0.15, -0.1) is 0 Å². The summed E-state index contributed by atoms with van der Waals surface area (Å²) < 4.78 is 12.3. The summed E-state index contributed by atoms with van der Waals surface area (Å²) in [4.78, 5) is 11.7. The van der Waals surface area contributed by atoms with E-state index in [1.807, 2.05) is 18.5 Å². The van der Waals surface area contributed by atoms with Gasteiger partial charge in [-0.25, -0.2) is 0 Å². The second-order valence-corrected chi connectivity index (χ2v) is 5.64. The maximum absolute atomic E-state index is 11.7. The minimum Gasteiger partial charge on any atom is -0.463 e. The van der Waals surface area contributed by atoms with Gasteiger partial charge in [0.15, 0.2) is 0 Å². The van der Waals surface area contributed by atoms with Crippen LogP contribution in [0.1, 0.15) is 44.1 Å². The molecule has 0 unspecified atom stereocenters. The number of carbonyl (C=O) groups is 1. The van der Waals surface area contributed by atoms with Crippen molar-refractivity contribution in [3.05, 3.63) is 17.0 Å². The first kappa shape index (κ1) is 17.7. The van der Waals surface area contributed by atoms with Gasteiger partial charge in [0, 0.05) is 25.3 Å². The first-order valence-electron chi connectivity index (χ1n) is 7.71. The fourth-order valence-electron chi connectivity index (χ4n) is 2.28. The van der Waals surface area contributed by atoms with Gasteiger partial charge < -0.3 is 9.47 Å².